The van der Waals surface area contributed by atoms with Gasteiger partial charge >= 0.3 is 0 Å². The van der Waals surface area contributed by atoms with Gasteiger partial charge in [-0.15, -0.1) is 23.7 Å². The van der Waals surface area contributed by atoms with Gasteiger partial charge in [-0.2, -0.15) is 0 Å². The Hall–Kier alpha value is -1.64. The summed E-state index contributed by atoms with van der Waals surface area (Å²) in [6, 6.07) is 0.257. The second kappa shape index (κ2) is 6.21. The Morgan fingerprint density at radius 3 is 2.90 bits per heavy atom. The van der Waals surface area contributed by atoms with Crippen molar-refractivity contribution in [1.29, 1.82) is 0 Å². The number of fused-ring (bicyclic) bond motifs is 1. The lowest BCUT2D eigenvalue weighted by Gasteiger charge is -2.13. The maximum Gasteiger partial charge on any atom is 0.259 e. The average molecular weight is 289 g/mol. The van der Waals surface area contributed by atoms with Crippen LogP contribution in [0.15, 0.2) is 4.79 Å². The highest BCUT2D eigenvalue weighted by atomic mass is 32.1. The van der Waals surface area contributed by atoms with Crippen molar-refractivity contribution in [2.24, 2.45) is 0 Å². The van der Waals surface area contributed by atoms with Crippen molar-refractivity contribution in [3.05, 3.63) is 26.6 Å². The third-order valence-corrected chi connectivity index (χ3v) is 4.60. The first-order valence-electron chi connectivity index (χ1n) is 6.72. The van der Waals surface area contributed by atoms with E-state index in [1.54, 1.807) is 11.3 Å². The molecule has 0 fully saturated rings. The Labute approximate surface area is 122 Å². The molecule has 0 saturated heterocycles. The lowest BCUT2D eigenvalue weighted by atomic mass is 10.1. The van der Waals surface area contributed by atoms with Gasteiger partial charge < -0.3 is 10.3 Å². The fraction of sp³-hybridized carbons (Fsp3) is 0.467. The van der Waals surface area contributed by atoms with Crippen molar-refractivity contribution in [2.75, 3.05) is 0 Å². The predicted molar refractivity (Wildman–Crippen MR) is 84.1 cm³/mol. The minimum atomic E-state index is -0.0568. The largest absolute Gasteiger partial charge is 0.309 e. The number of nitrogens with one attached hydrogen (secondary N) is 2. The number of aromatic amines is 1. The van der Waals surface area contributed by atoms with Crippen molar-refractivity contribution in [3.63, 3.8) is 0 Å². The minimum absolute atomic E-state index is 0.0568. The quantitative estimate of drug-likeness (QED) is 0.831. The molecule has 1 atom stereocenters. The number of aromatic nitrogens is 2. The number of rotatable bonds is 5. The second-order valence-corrected chi connectivity index (χ2v) is 6.07. The fourth-order valence-electron chi connectivity index (χ4n) is 2.13. The highest BCUT2D eigenvalue weighted by Gasteiger charge is 2.12. The van der Waals surface area contributed by atoms with E-state index in [0.29, 0.717) is 24.2 Å². The number of terminal acetylenes is 1. The van der Waals surface area contributed by atoms with Crippen LogP contribution in [0.2, 0.25) is 0 Å². The van der Waals surface area contributed by atoms with Gasteiger partial charge in [0.25, 0.3) is 5.56 Å². The molecule has 106 valence electrons. The van der Waals surface area contributed by atoms with Crippen molar-refractivity contribution in [2.45, 2.75) is 46.2 Å². The standard InChI is InChI=1S/C15H19N3OS/c1-5-7-11(6-2)16-8-12-17-14(19)13-9(3)10(4)20-15(13)18-12/h1,11,16H,6-8H2,2-4H3,(H,17,18,19). The monoisotopic (exact) mass is 289 g/mol. The van der Waals surface area contributed by atoms with Gasteiger partial charge in [-0.3, -0.25) is 4.79 Å². The third-order valence-electron chi connectivity index (χ3n) is 3.50. The Balaban J connectivity index is 2.24. The predicted octanol–water partition coefficient (Wildman–Crippen LogP) is 2.49. The van der Waals surface area contributed by atoms with Crippen LogP contribution in [0, 0.1) is 26.2 Å². The molecule has 0 bridgehead atoms. The van der Waals surface area contributed by atoms with E-state index in [2.05, 4.69) is 28.1 Å². The fourth-order valence-corrected chi connectivity index (χ4v) is 3.18. The van der Waals surface area contributed by atoms with Crippen molar-refractivity contribution in [3.8, 4) is 12.3 Å². The van der Waals surface area contributed by atoms with Crippen LogP contribution in [-0.4, -0.2) is 16.0 Å². The topological polar surface area (TPSA) is 57.8 Å². The molecule has 0 radical (unpaired) electrons. The maximum absolute atomic E-state index is 12.1. The normalized spacial score (nSPS) is 12.5. The summed E-state index contributed by atoms with van der Waals surface area (Å²) < 4.78 is 0. The highest BCUT2D eigenvalue weighted by molar-refractivity contribution is 7.18. The molecule has 0 aliphatic carbocycles. The number of thiophene rings is 1. The zero-order valence-electron chi connectivity index (χ0n) is 12.0. The lowest BCUT2D eigenvalue weighted by molar-refractivity contribution is 0.497. The number of aryl methyl sites for hydroxylation is 2. The van der Waals surface area contributed by atoms with E-state index in [4.69, 9.17) is 6.42 Å². The van der Waals surface area contributed by atoms with Gasteiger partial charge in [0.05, 0.1) is 11.9 Å². The van der Waals surface area contributed by atoms with Crippen LogP contribution in [0.1, 0.15) is 36.0 Å². The molecule has 0 spiro atoms. The first kappa shape index (κ1) is 14.8. The Bertz CT molecular complexity index is 708. The zero-order chi connectivity index (χ0) is 14.7. The second-order valence-electron chi connectivity index (χ2n) is 4.87. The van der Waals surface area contributed by atoms with Crippen molar-refractivity contribution in [1.82, 2.24) is 15.3 Å². The summed E-state index contributed by atoms with van der Waals surface area (Å²) in [6.07, 6.45) is 6.96. The van der Waals surface area contributed by atoms with E-state index in [0.717, 1.165) is 21.7 Å². The van der Waals surface area contributed by atoms with E-state index in [1.807, 2.05) is 13.8 Å². The van der Waals surface area contributed by atoms with E-state index in [-0.39, 0.29) is 11.6 Å². The van der Waals surface area contributed by atoms with Gasteiger partial charge in [-0.1, -0.05) is 6.92 Å². The summed E-state index contributed by atoms with van der Waals surface area (Å²) in [7, 11) is 0. The van der Waals surface area contributed by atoms with E-state index in [1.165, 1.54) is 0 Å². The molecule has 0 amide bonds. The Kier molecular flexibility index (Phi) is 4.58. The number of hydrogen-bond acceptors (Lipinski definition) is 4. The first-order chi connectivity index (χ1) is 9.56. The van der Waals surface area contributed by atoms with Crippen molar-refractivity contribution >= 4 is 21.6 Å². The maximum atomic E-state index is 12.1. The molecule has 1 unspecified atom stereocenters. The molecule has 0 saturated carbocycles. The molecule has 0 aliphatic heterocycles. The average Bonchev–Trinajstić information content (AvgIpc) is 2.70. The number of hydrogen-bond donors (Lipinski definition) is 2. The molecule has 2 aromatic rings. The van der Waals surface area contributed by atoms with Gasteiger partial charge in [0.15, 0.2) is 0 Å². The summed E-state index contributed by atoms with van der Waals surface area (Å²) >= 11 is 1.57. The summed E-state index contributed by atoms with van der Waals surface area (Å²) in [6.45, 7) is 6.59. The smallest absolute Gasteiger partial charge is 0.259 e. The van der Waals surface area contributed by atoms with E-state index < -0.39 is 0 Å². The molecule has 0 aliphatic rings. The summed E-state index contributed by atoms with van der Waals surface area (Å²) in [5.74, 6) is 3.32. The zero-order valence-corrected chi connectivity index (χ0v) is 12.9. The van der Waals surface area contributed by atoms with Crippen LogP contribution in [0.4, 0.5) is 0 Å². The first-order valence-corrected chi connectivity index (χ1v) is 7.54. The summed E-state index contributed by atoms with van der Waals surface area (Å²) in [5.41, 5.74) is 0.968. The van der Waals surface area contributed by atoms with Gasteiger partial charge in [0.1, 0.15) is 10.7 Å². The molecule has 0 aromatic carbocycles. The van der Waals surface area contributed by atoms with E-state index in [9.17, 15) is 4.79 Å². The molecular weight excluding hydrogens is 270 g/mol. The Morgan fingerprint density at radius 2 is 2.25 bits per heavy atom. The molecule has 20 heavy (non-hydrogen) atoms. The highest BCUT2D eigenvalue weighted by Crippen LogP contribution is 2.25. The molecule has 2 aromatic heterocycles. The molecule has 5 heteroatoms. The molecule has 2 N–H and O–H groups in total. The minimum Gasteiger partial charge on any atom is -0.309 e. The lowest BCUT2D eigenvalue weighted by Crippen LogP contribution is -2.29. The van der Waals surface area contributed by atoms with Crippen molar-refractivity contribution < 1.29 is 0 Å². The molecule has 2 rings (SSSR count). The van der Waals surface area contributed by atoms with Gasteiger partial charge in [-0.05, 0) is 25.8 Å². The van der Waals surface area contributed by atoms with E-state index >= 15 is 0 Å². The SMILES string of the molecule is C#CCC(CC)NCc1nc2sc(C)c(C)c2c(=O)[nH]1. The van der Waals surface area contributed by atoms with Crippen LogP contribution in [0.3, 0.4) is 0 Å². The van der Waals surface area contributed by atoms with Gasteiger partial charge in [0, 0.05) is 17.3 Å². The summed E-state index contributed by atoms with van der Waals surface area (Å²) in [4.78, 5) is 21.5. The third kappa shape index (κ3) is 2.92. The molecule has 2 heterocycles. The van der Waals surface area contributed by atoms with Crippen LogP contribution >= 0.6 is 11.3 Å². The van der Waals surface area contributed by atoms with Crippen LogP contribution in [-0.2, 0) is 6.54 Å². The summed E-state index contributed by atoms with van der Waals surface area (Å²) in [5, 5.41) is 4.04. The van der Waals surface area contributed by atoms with Crippen LogP contribution < -0.4 is 10.9 Å². The molecular formula is C15H19N3OS. The van der Waals surface area contributed by atoms with Gasteiger partial charge in [0.2, 0.25) is 0 Å². The van der Waals surface area contributed by atoms with Crippen LogP contribution in [0.5, 0.6) is 0 Å². The van der Waals surface area contributed by atoms with Crippen LogP contribution in [0.25, 0.3) is 10.2 Å². The number of nitrogens with zero attached hydrogens (tertiary/aromatic N) is 1. The Morgan fingerprint density at radius 1 is 1.50 bits per heavy atom. The molecule has 4 nitrogen and oxygen atoms in total. The van der Waals surface area contributed by atoms with Gasteiger partial charge in [-0.25, -0.2) is 4.98 Å². The number of H-pyrrole nitrogens is 1.